The van der Waals surface area contributed by atoms with Gasteiger partial charge in [-0.15, -0.1) is 0 Å². The molecule has 1 unspecified atom stereocenters. The number of carbonyl (C=O) groups is 1. The molecular weight excluding hydrogens is 355 g/mol. The Labute approximate surface area is 164 Å². The number of amides is 1. The van der Waals surface area contributed by atoms with Crippen molar-refractivity contribution in [3.05, 3.63) is 90.2 Å². The fourth-order valence-corrected chi connectivity index (χ4v) is 3.02. The minimum absolute atomic E-state index is 0.311. The molecule has 0 saturated carbocycles. The minimum atomic E-state index is -0.311. The summed E-state index contributed by atoms with van der Waals surface area (Å²) in [5.74, 6) is 1.56. The van der Waals surface area contributed by atoms with E-state index in [-0.39, 0.29) is 5.82 Å². The van der Waals surface area contributed by atoms with Gasteiger partial charge in [0.05, 0.1) is 0 Å². The second kappa shape index (κ2) is 10.2. The first-order chi connectivity index (χ1) is 13.7. The van der Waals surface area contributed by atoms with E-state index in [1.54, 1.807) is 24.3 Å². The van der Waals surface area contributed by atoms with Gasteiger partial charge in [-0.3, -0.25) is 4.79 Å². The largest absolute Gasteiger partial charge is 0.457 e. The molecule has 4 nitrogen and oxygen atoms in total. The van der Waals surface area contributed by atoms with E-state index in [0.29, 0.717) is 23.6 Å². The summed E-state index contributed by atoms with van der Waals surface area (Å²) in [5.41, 5.74) is 2.12. The number of hydrogen-bond acceptors (Lipinski definition) is 3. The fraction of sp³-hybridized carbons (Fsp3) is 0.174. The van der Waals surface area contributed by atoms with E-state index in [1.165, 1.54) is 42.8 Å². The van der Waals surface area contributed by atoms with Crippen molar-refractivity contribution < 1.29 is 13.9 Å². The van der Waals surface area contributed by atoms with Gasteiger partial charge in [0.15, 0.2) is 0 Å². The first-order valence-electron chi connectivity index (χ1n) is 9.24. The number of ether oxygens (including phenoxy) is 1. The highest BCUT2D eigenvalue weighted by molar-refractivity contribution is 5.71. The molecule has 0 aromatic heterocycles. The number of hydrogen-bond donors (Lipinski definition) is 2. The molecule has 0 radical (unpaired) electrons. The van der Waals surface area contributed by atoms with Crippen LogP contribution in [0.1, 0.15) is 17.9 Å². The molecule has 3 aromatic rings. The molecule has 0 aliphatic carbocycles. The van der Waals surface area contributed by atoms with Crippen LogP contribution in [0.3, 0.4) is 0 Å². The van der Waals surface area contributed by atoms with Gasteiger partial charge in [-0.25, -0.2) is 4.39 Å². The molecule has 4 rings (SSSR count). The van der Waals surface area contributed by atoms with Gasteiger partial charge in [-0.2, -0.15) is 0 Å². The Morgan fingerprint density at radius 2 is 1.75 bits per heavy atom. The molecule has 1 fully saturated rings. The third kappa shape index (κ3) is 5.93. The van der Waals surface area contributed by atoms with Crippen molar-refractivity contribution in [3.63, 3.8) is 0 Å². The molecule has 28 heavy (non-hydrogen) atoms. The maximum Gasteiger partial charge on any atom is 0.211 e. The van der Waals surface area contributed by atoms with Crippen LogP contribution < -0.4 is 15.4 Å². The van der Waals surface area contributed by atoms with Gasteiger partial charge in [0.2, 0.25) is 6.41 Å². The van der Waals surface area contributed by atoms with Crippen molar-refractivity contribution in [2.45, 2.75) is 12.3 Å². The zero-order valence-electron chi connectivity index (χ0n) is 15.5. The lowest BCUT2D eigenvalue weighted by Gasteiger charge is -2.06. The van der Waals surface area contributed by atoms with E-state index in [4.69, 9.17) is 4.74 Å². The molecule has 1 aliphatic rings. The predicted octanol–water partition coefficient (Wildman–Crippen LogP) is 4.95. The summed E-state index contributed by atoms with van der Waals surface area (Å²) in [7, 11) is 0. The molecule has 1 amide bonds. The average Bonchev–Trinajstić information content (AvgIpc) is 3.27. The first kappa shape index (κ1) is 19.6. The highest BCUT2D eigenvalue weighted by atomic mass is 19.1. The number of benzene rings is 3. The topological polar surface area (TPSA) is 50.4 Å². The van der Waals surface area contributed by atoms with Gasteiger partial charge in [0.1, 0.15) is 17.3 Å². The van der Waals surface area contributed by atoms with Gasteiger partial charge in [-0.05, 0) is 60.8 Å². The van der Waals surface area contributed by atoms with Crippen molar-refractivity contribution in [1.29, 1.82) is 0 Å². The third-order valence-corrected chi connectivity index (χ3v) is 4.44. The summed E-state index contributed by atoms with van der Waals surface area (Å²) in [6.07, 6.45) is 1.89. The van der Waals surface area contributed by atoms with Gasteiger partial charge in [0, 0.05) is 18.3 Å². The maximum absolute atomic E-state index is 12.7. The van der Waals surface area contributed by atoms with E-state index in [0.717, 1.165) is 12.5 Å². The van der Waals surface area contributed by atoms with Crippen molar-refractivity contribution in [2.24, 2.45) is 0 Å². The number of anilines is 1. The Kier molecular flexibility index (Phi) is 7.15. The monoisotopic (exact) mass is 378 g/mol. The second-order valence-electron chi connectivity index (χ2n) is 6.45. The summed E-state index contributed by atoms with van der Waals surface area (Å²) in [6.45, 7) is 2.34. The van der Waals surface area contributed by atoms with Crippen LogP contribution in [0, 0.1) is 5.82 Å². The van der Waals surface area contributed by atoms with E-state index in [9.17, 15) is 9.18 Å². The summed E-state index contributed by atoms with van der Waals surface area (Å²) in [5, 5.41) is 5.89. The zero-order valence-corrected chi connectivity index (χ0v) is 15.5. The molecule has 1 saturated heterocycles. The van der Waals surface area contributed by atoms with E-state index < -0.39 is 0 Å². The van der Waals surface area contributed by atoms with Gasteiger partial charge in [0.25, 0.3) is 0 Å². The fourth-order valence-electron chi connectivity index (χ4n) is 3.02. The van der Waals surface area contributed by atoms with Crippen LogP contribution in [0.5, 0.6) is 11.5 Å². The molecular formula is C23H23FN2O2. The normalized spacial score (nSPS) is 15.2. The van der Waals surface area contributed by atoms with Crippen molar-refractivity contribution in [3.8, 4) is 11.5 Å². The van der Waals surface area contributed by atoms with Gasteiger partial charge in [-0.1, -0.05) is 36.4 Å². The highest BCUT2D eigenvalue weighted by Crippen LogP contribution is 2.24. The second-order valence-corrected chi connectivity index (χ2v) is 6.45. The minimum Gasteiger partial charge on any atom is -0.457 e. The molecule has 2 N–H and O–H groups in total. The molecule has 144 valence electrons. The Morgan fingerprint density at radius 1 is 0.964 bits per heavy atom. The van der Waals surface area contributed by atoms with Crippen molar-refractivity contribution in [2.75, 3.05) is 18.4 Å². The third-order valence-electron chi connectivity index (χ3n) is 4.44. The Bertz CT molecular complexity index is 863. The molecule has 1 heterocycles. The van der Waals surface area contributed by atoms with Crippen LogP contribution in [0.25, 0.3) is 0 Å². The summed E-state index contributed by atoms with van der Waals surface area (Å²) < 4.78 is 18.2. The summed E-state index contributed by atoms with van der Waals surface area (Å²) in [6, 6.07) is 23.4. The van der Waals surface area contributed by atoms with Gasteiger partial charge < -0.3 is 15.4 Å². The number of carbonyl (C=O) groups excluding carboxylic acids is 1. The summed E-state index contributed by atoms with van der Waals surface area (Å²) in [4.78, 5) is 10.3. The maximum atomic E-state index is 12.7. The standard InChI is InChI=1S/C13H10FNO2.C10H13N/c14-10-4-6-12(7-5-10)17-13-3-1-2-11(8-13)15-9-16;1-2-4-9(5-3-1)10-6-7-11-8-10/h1-9H,(H,15,16);1-5,10-11H,6-8H2. The molecule has 3 aromatic carbocycles. The lowest BCUT2D eigenvalue weighted by atomic mass is 9.99. The van der Waals surface area contributed by atoms with Crippen molar-refractivity contribution in [1.82, 2.24) is 5.32 Å². The Balaban J connectivity index is 0.000000176. The predicted molar refractivity (Wildman–Crippen MR) is 109 cm³/mol. The number of rotatable bonds is 5. The zero-order chi connectivity index (χ0) is 19.6. The average molecular weight is 378 g/mol. The van der Waals surface area contributed by atoms with Gasteiger partial charge >= 0.3 is 0 Å². The van der Waals surface area contributed by atoms with Crippen LogP contribution in [-0.4, -0.2) is 19.5 Å². The van der Waals surface area contributed by atoms with Crippen LogP contribution >= 0.6 is 0 Å². The Morgan fingerprint density at radius 3 is 2.43 bits per heavy atom. The van der Waals surface area contributed by atoms with Crippen LogP contribution in [0.2, 0.25) is 0 Å². The molecule has 5 heteroatoms. The SMILES string of the molecule is O=CNc1cccc(Oc2ccc(F)cc2)c1.c1ccc(C2CCNC2)cc1. The van der Waals surface area contributed by atoms with Crippen LogP contribution in [0.4, 0.5) is 10.1 Å². The number of halogens is 1. The molecule has 0 spiro atoms. The summed E-state index contributed by atoms with van der Waals surface area (Å²) >= 11 is 0. The van der Waals surface area contributed by atoms with Crippen LogP contribution in [0.15, 0.2) is 78.9 Å². The number of nitrogens with one attached hydrogen (secondary N) is 2. The van der Waals surface area contributed by atoms with E-state index in [2.05, 4.69) is 41.0 Å². The highest BCUT2D eigenvalue weighted by Gasteiger charge is 2.15. The van der Waals surface area contributed by atoms with E-state index in [1.807, 2.05) is 0 Å². The quantitative estimate of drug-likeness (QED) is 0.618. The first-order valence-corrected chi connectivity index (χ1v) is 9.24. The molecule has 1 aliphatic heterocycles. The molecule has 1 atom stereocenters. The lowest BCUT2D eigenvalue weighted by Crippen LogP contribution is -2.07. The molecule has 0 bridgehead atoms. The smallest absolute Gasteiger partial charge is 0.211 e. The lowest BCUT2D eigenvalue weighted by molar-refractivity contribution is -0.105. The van der Waals surface area contributed by atoms with Crippen LogP contribution in [-0.2, 0) is 4.79 Å². The Hall–Kier alpha value is -3.18. The van der Waals surface area contributed by atoms with Crippen molar-refractivity contribution >= 4 is 12.1 Å². The van der Waals surface area contributed by atoms with E-state index >= 15 is 0 Å².